The molecule has 0 radical (unpaired) electrons. The molecule has 10 heteroatoms. The molecule has 0 unspecified atom stereocenters. The summed E-state index contributed by atoms with van der Waals surface area (Å²) in [6.45, 7) is 0.306. The second-order valence-corrected chi connectivity index (χ2v) is 12.7. The van der Waals surface area contributed by atoms with Gasteiger partial charge in [0, 0.05) is 0 Å². The Labute approximate surface area is 246 Å². The molecule has 0 spiro atoms. The van der Waals surface area contributed by atoms with E-state index in [4.69, 9.17) is 18.6 Å². The molecule has 0 saturated carbocycles. The van der Waals surface area contributed by atoms with Gasteiger partial charge in [0.1, 0.15) is 11.5 Å². The minimum absolute atomic E-state index is 0.153. The first-order valence-electron chi connectivity index (χ1n) is 13.3. The zero-order chi connectivity index (χ0) is 30.0. The second-order valence-electron chi connectivity index (χ2n) is 9.51. The highest BCUT2D eigenvalue weighted by Crippen LogP contribution is 2.37. The summed E-state index contributed by atoms with van der Waals surface area (Å²) in [7, 11) is -8.06. The molecule has 0 aromatic heterocycles. The molecule has 0 amide bonds. The van der Waals surface area contributed by atoms with Crippen molar-refractivity contribution < 1.29 is 35.4 Å². The lowest BCUT2D eigenvalue weighted by molar-refractivity contribution is 0.316. The van der Waals surface area contributed by atoms with E-state index in [-0.39, 0.29) is 37.6 Å². The Morgan fingerprint density at radius 3 is 1.10 bits per heavy atom. The Hall–Kier alpha value is -3.96. The third-order valence-corrected chi connectivity index (χ3v) is 7.90. The highest BCUT2D eigenvalue weighted by Gasteiger charge is 2.17. The number of hydrogen-bond acceptors (Lipinski definition) is 6. The maximum absolute atomic E-state index is 11.0. The van der Waals surface area contributed by atoms with Gasteiger partial charge in [0.05, 0.1) is 24.7 Å². The minimum atomic E-state index is -4.03. The van der Waals surface area contributed by atoms with Crippen molar-refractivity contribution in [2.24, 2.45) is 0 Å². The maximum atomic E-state index is 11.0. The van der Waals surface area contributed by atoms with Crippen molar-refractivity contribution in [1.82, 2.24) is 0 Å². The van der Waals surface area contributed by atoms with Crippen LogP contribution in [0.4, 0.5) is 0 Å². The lowest BCUT2D eigenvalue weighted by Crippen LogP contribution is -2.08. The third kappa shape index (κ3) is 9.56. The number of benzene rings is 4. The van der Waals surface area contributed by atoms with Crippen molar-refractivity contribution in [3.63, 3.8) is 0 Å². The maximum Gasteiger partial charge on any atom is 0.264 e. The van der Waals surface area contributed by atoms with Gasteiger partial charge in [-0.25, -0.2) is 0 Å². The Kier molecular flexibility index (Phi) is 10.5. The molecule has 8 nitrogen and oxygen atoms in total. The van der Waals surface area contributed by atoms with Crippen molar-refractivity contribution in [3.8, 4) is 11.5 Å². The van der Waals surface area contributed by atoms with Crippen LogP contribution in [0.25, 0.3) is 11.1 Å². The number of rotatable bonds is 14. The topological polar surface area (TPSA) is 127 Å². The summed E-state index contributed by atoms with van der Waals surface area (Å²) < 4.78 is 73.1. The van der Waals surface area contributed by atoms with Gasteiger partial charge in [-0.1, -0.05) is 84.9 Å². The van der Waals surface area contributed by atoms with Crippen LogP contribution in [0.3, 0.4) is 0 Å². The van der Waals surface area contributed by atoms with Crippen molar-refractivity contribution in [2.45, 2.75) is 12.8 Å². The van der Waals surface area contributed by atoms with Gasteiger partial charge in [-0.15, -0.1) is 0 Å². The van der Waals surface area contributed by atoms with Crippen LogP contribution in [0, 0.1) is 0 Å². The van der Waals surface area contributed by atoms with Crippen LogP contribution in [-0.2, 0) is 20.2 Å². The van der Waals surface area contributed by atoms with Crippen molar-refractivity contribution in [3.05, 3.63) is 131 Å². The molecule has 0 heterocycles. The van der Waals surface area contributed by atoms with E-state index < -0.39 is 20.2 Å². The fourth-order valence-corrected chi connectivity index (χ4v) is 5.38. The molecule has 0 saturated heterocycles. The van der Waals surface area contributed by atoms with E-state index in [1.54, 1.807) is 0 Å². The molecule has 4 rings (SSSR count). The monoisotopic (exact) mass is 608 g/mol. The predicted molar refractivity (Wildman–Crippen MR) is 164 cm³/mol. The fraction of sp³-hybridized carbons (Fsp3) is 0.188. The lowest BCUT2D eigenvalue weighted by Gasteiger charge is -2.19. The standard InChI is InChI=1S/C32H32O8S2/c33-41(34,35)23-7-21-39-29-17-13-27(14-18-29)31(25-9-3-1-4-10-25)32(26-11-5-2-6-12-26)28-15-19-30(20-16-28)40-22-8-24-42(36,37)38/h1-6,9-20H,7-8,21-24H2,(H,33,34,35)(H,36,37,38)/b32-31+. The molecule has 0 atom stereocenters. The summed E-state index contributed by atoms with van der Waals surface area (Å²) in [6.07, 6.45) is 0.350. The van der Waals surface area contributed by atoms with E-state index in [9.17, 15) is 16.8 Å². The smallest absolute Gasteiger partial charge is 0.264 e. The molecule has 0 aliphatic rings. The first-order chi connectivity index (χ1) is 20.1. The summed E-state index contributed by atoms with van der Waals surface area (Å²) >= 11 is 0. The van der Waals surface area contributed by atoms with Gasteiger partial charge in [-0.3, -0.25) is 9.11 Å². The van der Waals surface area contributed by atoms with Crippen LogP contribution in [-0.4, -0.2) is 50.7 Å². The first-order valence-corrected chi connectivity index (χ1v) is 16.5. The molecule has 0 fully saturated rings. The zero-order valence-electron chi connectivity index (χ0n) is 22.8. The summed E-state index contributed by atoms with van der Waals surface area (Å²) in [5.74, 6) is 0.443. The lowest BCUT2D eigenvalue weighted by atomic mass is 9.86. The molecular formula is C32H32O8S2. The van der Waals surface area contributed by atoms with Gasteiger partial charge < -0.3 is 9.47 Å². The normalized spacial score (nSPS) is 12.4. The Balaban J connectivity index is 1.69. The second kappa shape index (κ2) is 14.3. The summed E-state index contributed by atoms with van der Waals surface area (Å²) in [6, 6.07) is 35.2. The molecule has 0 bridgehead atoms. The van der Waals surface area contributed by atoms with Crippen molar-refractivity contribution in [1.29, 1.82) is 0 Å². The van der Waals surface area contributed by atoms with Crippen LogP contribution in [0.1, 0.15) is 35.1 Å². The molecule has 0 aliphatic carbocycles. The van der Waals surface area contributed by atoms with Crippen LogP contribution in [0.2, 0.25) is 0 Å². The Morgan fingerprint density at radius 2 is 0.786 bits per heavy atom. The quantitative estimate of drug-likeness (QED) is 0.101. The molecule has 42 heavy (non-hydrogen) atoms. The molecule has 4 aromatic carbocycles. The highest BCUT2D eigenvalue weighted by atomic mass is 32.2. The fourth-order valence-electron chi connectivity index (χ4n) is 4.42. The van der Waals surface area contributed by atoms with Crippen molar-refractivity contribution >= 4 is 31.4 Å². The van der Waals surface area contributed by atoms with E-state index in [1.165, 1.54) is 0 Å². The van der Waals surface area contributed by atoms with Crippen LogP contribution < -0.4 is 9.47 Å². The molecule has 0 aliphatic heterocycles. The summed E-state index contributed by atoms with van der Waals surface area (Å²) in [5.41, 5.74) is 5.86. The minimum Gasteiger partial charge on any atom is -0.494 e. The average molecular weight is 609 g/mol. The molecule has 220 valence electrons. The van der Waals surface area contributed by atoms with Gasteiger partial charge in [0.2, 0.25) is 0 Å². The van der Waals surface area contributed by atoms with E-state index in [0.717, 1.165) is 33.4 Å². The van der Waals surface area contributed by atoms with E-state index in [1.807, 2.05) is 109 Å². The largest absolute Gasteiger partial charge is 0.494 e. The van der Waals surface area contributed by atoms with Gasteiger partial charge in [0.25, 0.3) is 20.2 Å². The van der Waals surface area contributed by atoms with Gasteiger partial charge in [0.15, 0.2) is 0 Å². The highest BCUT2D eigenvalue weighted by molar-refractivity contribution is 7.86. The Bertz CT molecular complexity index is 1550. The molecular weight excluding hydrogens is 576 g/mol. The first kappa shape index (κ1) is 31.0. The van der Waals surface area contributed by atoms with Gasteiger partial charge in [-0.2, -0.15) is 16.8 Å². The van der Waals surface area contributed by atoms with Gasteiger partial charge >= 0.3 is 0 Å². The van der Waals surface area contributed by atoms with Crippen LogP contribution in [0.15, 0.2) is 109 Å². The van der Waals surface area contributed by atoms with Crippen LogP contribution in [0.5, 0.6) is 11.5 Å². The van der Waals surface area contributed by atoms with E-state index in [0.29, 0.717) is 11.5 Å². The molecule has 4 aromatic rings. The summed E-state index contributed by atoms with van der Waals surface area (Å²) in [5, 5.41) is 0. The average Bonchev–Trinajstić information content (AvgIpc) is 2.97. The van der Waals surface area contributed by atoms with Crippen molar-refractivity contribution in [2.75, 3.05) is 24.7 Å². The van der Waals surface area contributed by atoms with Gasteiger partial charge in [-0.05, 0) is 70.5 Å². The zero-order valence-corrected chi connectivity index (χ0v) is 24.4. The van der Waals surface area contributed by atoms with E-state index in [2.05, 4.69) is 0 Å². The third-order valence-electron chi connectivity index (χ3n) is 6.29. The Morgan fingerprint density at radius 1 is 0.476 bits per heavy atom. The number of ether oxygens (including phenoxy) is 2. The van der Waals surface area contributed by atoms with E-state index >= 15 is 0 Å². The van der Waals surface area contributed by atoms with Crippen LogP contribution >= 0.6 is 0 Å². The molecule has 2 N–H and O–H groups in total. The number of hydrogen-bond donors (Lipinski definition) is 2. The predicted octanol–water partition coefficient (Wildman–Crippen LogP) is 6.01. The SMILES string of the molecule is O=S(=O)(O)CCCOc1ccc(/C(=C(\c2ccccc2)c2ccc(OCCCS(=O)(=O)O)cc2)c2ccccc2)cc1. The summed E-state index contributed by atoms with van der Waals surface area (Å²) in [4.78, 5) is 0.